The first kappa shape index (κ1) is 11.8. The number of carbonyl (C=O) groups is 1. The van der Waals surface area contributed by atoms with Crippen LogP contribution in [0.25, 0.3) is 0 Å². The maximum absolute atomic E-state index is 11.0. The summed E-state index contributed by atoms with van der Waals surface area (Å²) in [5.74, 6) is -0.718. The monoisotopic (exact) mass is 237 g/mol. The standard InChI is InChI=1S/C11H15N3O3/c1-7(9-3-2-6-17-9)13-10-8(11(15)16)4-5-12-14-10/h4-5,7,9H,2-3,6H2,1H3,(H,13,14)(H,15,16). The first-order chi connectivity index (χ1) is 8.18. The van der Waals surface area contributed by atoms with Gasteiger partial charge in [0.05, 0.1) is 18.3 Å². The molecule has 2 unspecified atom stereocenters. The molecule has 0 bridgehead atoms. The molecule has 0 saturated carbocycles. The largest absolute Gasteiger partial charge is 0.478 e. The summed E-state index contributed by atoms with van der Waals surface area (Å²) in [5.41, 5.74) is 0.129. The van der Waals surface area contributed by atoms with Crippen molar-refractivity contribution in [2.45, 2.75) is 31.9 Å². The third kappa shape index (κ3) is 2.71. The van der Waals surface area contributed by atoms with Crippen LogP contribution in [0, 0.1) is 0 Å². The van der Waals surface area contributed by atoms with Crippen molar-refractivity contribution in [2.24, 2.45) is 0 Å². The Morgan fingerprint density at radius 3 is 3.18 bits per heavy atom. The molecular weight excluding hydrogens is 222 g/mol. The molecule has 0 spiro atoms. The smallest absolute Gasteiger partial charge is 0.339 e. The van der Waals surface area contributed by atoms with Crippen LogP contribution in [0.1, 0.15) is 30.1 Å². The third-order valence-electron chi connectivity index (χ3n) is 2.84. The van der Waals surface area contributed by atoms with Crippen LogP contribution in [0.5, 0.6) is 0 Å². The Bertz CT molecular complexity index is 405. The van der Waals surface area contributed by atoms with E-state index in [0.29, 0.717) is 5.82 Å². The van der Waals surface area contributed by atoms with Gasteiger partial charge in [-0.3, -0.25) is 0 Å². The Morgan fingerprint density at radius 1 is 1.71 bits per heavy atom. The zero-order valence-electron chi connectivity index (χ0n) is 9.59. The lowest BCUT2D eigenvalue weighted by Gasteiger charge is -2.20. The maximum Gasteiger partial charge on any atom is 0.339 e. The quantitative estimate of drug-likeness (QED) is 0.817. The highest BCUT2D eigenvalue weighted by Crippen LogP contribution is 2.19. The SMILES string of the molecule is CC(Nc1nnccc1C(=O)O)C1CCCO1. The van der Waals surface area contributed by atoms with Crippen molar-refractivity contribution in [3.05, 3.63) is 17.8 Å². The first-order valence-electron chi connectivity index (χ1n) is 5.61. The summed E-state index contributed by atoms with van der Waals surface area (Å²) in [6.45, 7) is 2.72. The van der Waals surface area contributed by atoms with E-state index >= 15 is 0 Å². The van der Waals surface area contributed by atoms with Gasteiger partial charge in [-0.2, -0.15) is 5.10 Å². The highest BCUT2D eigenvalue weighted by atomic mass is 16.5. The van der Waals surface area contributed by atoms with Crippen LogP contribution >= 0.6 is 0 Å². The van der Waals surface area contributed by atoms with Gasteiger partial charge in [0.1, 0.15) is 5.56 Å². The van der Waals surface area contributed by atoms with Gasteiger partial charge in [0.25, 0.3) is 0 Å². The molecule has 0 aromatic carbocycles. The predicted octanol–water partition coefficient (Wildman–Crippen LogP) is 1.15. The third-order valence-corrected chi connectivity index (χ3v) is 2.84. The van der Waals surface area contributed by atoms with E-state index in [2.05, 4.69) is 15.5 Å². The number of nitrogens with zero attached hydrogens (tertiary/aromatic N) is 2. The number of nitrogens with one attached hydrogen (secondary N) is 1. The molecular formula is C11H15N3O3. The molecule has 1 saturated heterocycles. The van der Waals surface area contributed by atoms with Crippen molar-refractivity contribution in [1.82, 2.24) is 10.2 Å². The predicted molar refractivity (Wildman–Crippen MR) is 61.1 cm³/mol. The van der Waals surface area contributed by atoms with Crippen molar-refractivity contribution in [1.29, 1.82) is 0 Å². The molecule has 0 aliphatic carbocycles. The lowest BCUT2D eigenvalue weighted by Crippen LogP contribution is -2.31. The molecule has 1 aromatic heterocycles. The van der Waals surface area contributed by atoms with Gasteiger partial charge in [-0.15, -0.1) is 5.10 Å². The van der Waals surface area contributed by atoms with Crippen LogP contribution in [0.15, 0.2) is 12.3 Å². The maximum atomic E-state index is 11.0. The number of anilines is 1. The second-order valence-corrected chi connectivity index (χ2v) is 4.08. The molecule has 2 heterocycles. The number of carboxylic acid groups (broad SMARTS) is 1. The van der Waals surface area contributed by atoms with Gasteiger partial charge in [0, 0.05) is 6.61 Å². The van der Waals surface area contributed by atoms with Crippen molar-refractivity contribution >= 4 is 11.8 Å². The van der Waals surface area contributed by atoms with E-state index in [1.54, 1.807) is 0 Å². The Morgan fingerprint density at radius 2 is 2.53 bits per heavy atom. The lowest BCUT2D eigenvalue weighted by atomic mass is 10.1. The molecule has 92 valence electrons. The summed E-state index contributed by atoms with van der Waals surface area (Å²) in [4.78, 5) is 11.0. The number of aromatic nitrogens is 2. The molecule has 6 heteroatoms. The molecule has 1 fully saturated rings. The van der Waals surface area contributed by atoms with Gasteiger partial charge in [-0.1, -0.05) is 0 Å². The molecule has 1 aromatic rings. The van der Waals surface area contributed by atoms with Crippen LogP contribution < -0.4 is 5.32 Å². The minimum atomic E-state index is -1.01. The van der Waals surface area contributed by atoms with E-state index in [1.807, 2.05) is 6.92 Å². The lowest BCUT2D eigenvalue weighted by molar-refractivity contribution is 0.0696. The second kappa shape index (κ2) is 5.09. The summed E-state index contributed by atoms with van der Waals surface area (Å²) >= 11 is 0. The van der Waals surface area contributed by atoms with E-state index < -0.39 is 5.97 Å². The summed E-state index contributed by atoms with van der Waals surface area (Å²) < 4.78 is 5.53. The van der Waals surface area contributed by atoms with E-state index in [1.165, 1.54) is 12.3 Å². The zero-order chi connectivity index (χ0) is 12.3. The Labute approximate surface area is 99.0 Å². The molecule has 1 aliphatic rings. The van der Waals surface area contributed by atoms with Crippen molar-refractivity contribution < 1.29 is 14.6 Å². The highest BCUT2D eigenvalue weighted by molar-refractivity contribution is 5.92. The van der Waals surface area contributed by atoms with Crippen LogP contribution in [-0.4, -0.2) is 40.0 Å². The van der Waals surface area contributed by atoms with Crippen LogP contribution in [0.3, 0.4) is 0 Å². The van der Waals surface area contributed by atoms with Gasteiger partial charge in [-0.25, -0.2) is 4.79 Å². The summed E-state index contributed by atoms with van der Waals surface area (Å²) in [6, 6.07) is 1.45. The van der Waals surface area contributed by atoms with Crippen molar-refractivity contribution in [2.75, 3.05) is 11.9 Å². The van der Waals surface area contributed by atoms with Gasteiger partial charge < -0.3 is 15.2 Å². The van der Waals surface area contributed by atoms with E-state index in [0.717, 1.165) is 19.4 Å². The average Bonchev–Trinajstić information content (AvgIpc) is 2.83. The summed E-state index contributed by atoms with van der Waals surface area (Å²) in [7, 11) is 0. The van der Waals surface area contributed by atoms with Crippen LogP contribution in [0.4, 0.5) is 5.82 Å². The number of rotatable bonds is 4. The molecule has 0 radical (unpaired) electrons. The normalized spacial score (nSPS) is 21.1. The minimum absolute atomic E-state index is 0.0206. The topological polar surface area (TPSA) is 84.3 Å². The summed E-state index contributed by atoms with van der Waals surface area (Å²) in [6.07, 6.45) is 3.50. The van der Waals surface area contributed by atoms with Gasteiger partial charge in [0.2, 0.25) is 0 Å². The Hall–Kier alpha value is -1.69. The molecule has 17 heavy (non-hydrogen) atoms. The zero-order valence-corrected chi connectivity index (χ0v) is 9.59. The van der Waals surface area contributed by atoms with Crippen molar-refractivity contribution in [3.63, 3.8) is 0 Å². The molecule has 0 amide bonds. The second-order valence-electron chi connectivity index (χ2n) is 4.08. The van der Waals surface area contributed by atoms with E-state index in [-0.39, 0.29) is 17.7 Å². The first-order valence-corrected chi connectivity index (χ1v) is 5.61. The van der Waals surface area contributed by atoms with Gasteiger partial charge in [-0.05, 0) is 25.8 Å². The molecule has 6 nitrogen and oxygen atoms in total. The fraction of sp³-hybridized carbons (Fsp3) is 0.545. The van der Waals surface area contributed by atoms with E-state index in [4.69, 9.17) is 9.84 Å². The Kier molecular flexibility index (Phi) is 3.53. The summed E-state index contributed by atoms with van der Waals surface area (Å²) in [5, 5.41) is 19.6. The van der Waals surface area contributed by atoms with Gasteiger partial charge >= 0.3 is 5.97 Å². The van der Waals surface area contributed by atoms with Crippen molar-refractivity contribution in [3.8, 4) is 0 Å². The van der Waals surface area contributed by atoms with Gasteiger partial charge in [0.15, 0.2) is 5.82 Å². The fourth-order valence-corrected chi connectivity index (χ4v) is 1.92. The Balaban J connectivity index is 2.09. The molecule has 1 aliphatic heterocycles. The molecule has 2 rings (SSSR count). The van der Waals surface area contributed by atoms with E-state index in [9.17, 15) is 4.79 Å². The number of aromatic carboxylic acids is 1. The van der Waals surface area contributed by atoms with Crippen LogP contribution in [0.2, 0.25) is 0 Å². The molecule has 2 N–H and O–H groups in total. The van der Waals surface area contributed by atoms with Crippen LogP contribution in [-0.2, 0) is 4.74 Å². The number of carboxylic acids is 1. The number of hydrogen-bond acceptors (Lipinski definition) is 5. The highest BCUT2D eigenvalue weighted by Gasteiger charge is 2.24. The average molecular weight is 237 g/mol. The fourth-order valence-electron chi connectivity index (χ4n) is 1.92. The minimum Gasteiger partial charge on any atom is -0.478 e. The molecule has 2 atom stereocenters. The number of ether oxygens (including phenoxy) is 1. The number of hydrogen-bond donors (Lipinski definition) is 2.